The second-order valence-electron chi connectivity index (χ2n) is 7.84. The summed E-state index contributed by atoms with van der Waals surface area (Å²) in [5.41, 5.74) is 2.40. The van der Waals surface area contributed by atoms with Crippen molar-refractivity contribution in [3.63, 3.8) is 0 Å². The maximum absolute atomic E-state index is 12.6. The molecule has 3 heteroatoms. The van der Waals surface area contributed by atoms with Crippen LogP contribution in [0.15, 0.2) is 60.7 Å². The summed E-state index contributed by atoms with van der Waals surface area (Å²) >= 11 is 0. The number of carbonyl (C=O) groups excluding carboxylic acids is 1. The van der Waals surface area contributed by atoms with E-state index >= 15 is 0 Å². The first-order valence-corrected chi connectivity index (χ1v) is 9.96. The van der Waals surface area contributed by atoms with Crippen LogP contribution in [-0.4, -0.2) is 18.2 Å². The number of aryl methyl sites for hydroxylation is 1. The molecular formula is C24H30O3. The molecule has 5 atom stereocenters. The van der Waals surface area contributed by atoms with Gasteiger partial charge in [-0.25, -0.2) is 4.79 Å². The van der Waals surface area contributed by atoms with Crippen LogP contribution in [0, 0.1) is 17.8 Å². The Labute approximate surface area is 162 Å². The zero-order valence-corrected chi connectivity index (χ0v) is 16.5. The molecule has 1 aliphatic rings. The minimum atomic E-state index is -0.488. The predicted octanol–water partition coefficient (Wildman–Crippen LogP) is 5.04. The molecule has 0 aromatic heterocycles. The van der Waals surface area contributed by atoms with Gasteiger partial charge in [-0.2, -0.15) is 0 Å². The Bertz CT molecular complexity index is 713. The van der Waals surface area contributed by atoms with Crippen molar-refractivity contribution in [1.82, 2.24) is 0 Å². The zero-order valence-electron chi connectivity index (χ0n) is 16.5. The highest BCUT2D eigenvalue weighted by atomic mass is 16.6. The van der Waals surface area contributed by atoms with Crippen molar-refractivity contribution in [2.24, 2.45) is 17.8 Å². The second-order valence-corrected chi connectivity index (χ2v) is 7.84. The third-order valence-corrected chi connectivity index (χ3v) is 5.87. The third kappa shape index (κ3) is 4.98. The second kappa shape index (κ2) is 9.18. The van der Waals surface area contributed by atoms with E-state index in [1.165, 1.54) is 5.56 Å². The van der Waals surface area contributed by atoms with Gasteiger partial charge in [0.05, 0.1) is 6.61 Å². The molecule has 1 heterocycles. The van der Waals surface area contributed by atoms with Gasteiger partial charge in [-0.1, -0.05) is 81.4 Å². The van der Waals surface area contributed by atoms with Crippen LogP contribution >= 0.6 is 0 Å². The van der Waals surface area contributed by atoms with Crippen molar-refractivity contribution in [2.75, 3.05) is 0 Å². The summed E-state index contributed by atoms with van der Waals surface area (Å²) in [6.07, 6.45) is 1.48. The van der Waals surface area contributed by atoms with Gasteiger partial charge in [0.2, 0.25) is 0 Å². The third-order valence-electron chi connectivity index (χ3n) is 5.87. The van der Waals surface area contributed by atoms with E-state index in [-0.39, 0.29) is 23.9 Å². The molecule has 2 unspecified atom stereocenters. The number of esters is 1. The fourth-order valence-corrected chi connectivity index (χ4v) is 3.92. The van der Waals surface area contributed by atoms with E-state index in [1.54, 1.807) is 0 Å². The average molecular weight is 367 g/mol. The smallest absolute Gasteiger partial charge is 0.335 e. The van der Waals surface area contributed by atoms with Crippen LogP contribution < -0.4 is 0 Å². The van der Waals surface area contributed by atoms with Crippen LogP contribution in [0.3, 0.4) is 0 Å². The Morgan fingerprint density at radius 1 is 0.926 bits per heavy atom. The molecule has 1 saturated heterocycles. The quantitative estimate of drug-likeness (QED) is 0.644. The molecule has 0 radical (unpaired) electrons. The van der Waals surface area contributed by atoms with Gasteiger partial charge >= 0.3 is 5.97 Å². The van der Waals surface area contributed by atoms with E-state index < -0.39 is 6.10 Å². The van der Waals surface area contributed by atoms with Gasteiger partial charge in [0.1, 0.15) is 6.10 Å². The zero-order chi connectivity index (χ0) is 19.2. The van der Waals surface area contributed by atoms with Crippen LogP contribution in [-0.2, 0) is 27.3 Å². The Hall–Kier alpha value is -2.13. The van der Waals surface area contributed by atoms with Gasteiger partial charge in [-0.05, 0) is 41.7 Å². The first-order chi connectivity index (χ1) is 13.1. The molecule has 1 fully saturated rings. The molecule has 2 aromatic carbocycles. The Balaban J connectivity index is 1.56. The molecule has 0 N–H and O–H groups in total. The molecule has 0 aliphatic carbocycles. The number of rotatable bonds is 7. The van der Waals surface area contributed by atoms with Crippen molar-refractivity contribution in [1.29, 1.82) is 0 Å². The largest absolute Gasteiger partial charge is 0.460 e. The SMILES string of the molecule is C[C@H](CCc1ccccc1)C1OC(=O)C(OCc2ccccc2)[C@@H](C)[C@@H]1C. The molecule has 0 saturated carbocycles. The van der Waals surface area contributed by atoms with Crippen LogP contribution in [0.1, 0.15) is 38.3 Å². The lowest BCUT2D eigenvalue weighted by atomic mass is 9.78. The fraction of sp³-hybridized carbons (Fsp3) is 0.458. The number of cyclic esters (lactones) is 1. The van der Waals surface area contributed by atoms with Crippen LogP contribution in [0.4, 0.5) is 0 Å². The summed E-state index contributed by atoms with van der Waals surface area (Å²) < 4.78 is 11.8. The summed E-state index contributed by atoms with van der Waals surface area (Å²) in [6, 6.07) is 20.4. The molecule has 2 aromatic rings. The standard InChI is InChI=1S/C24H30O3/c1-17(14-15-20-10-6-4-7-11-20)22-18(2)19(3)23(24(25)27-22)26-16-21-12-8-5-9-13-21/h4-13,17-19,22-23H,14-16H2,1-3H3/t17-,18+,19+,22?,23?/m1/s1. The minimum Gasteiger partial charge on any atom is -0.460 e. The van der Waals surface area contributed by atoms with Gasteiger partial charge in [-0.3, -0.25) is 0 Å². The van der Waals surface area contributed by atoms with Gasteiger partial charge in [0.25, 0.3) is 0 Å². The van der Waals surface area contributed by atoms with E-state index in [9.17, 15) is 4.79 Å². The van der Waals surface area contributed by atoms with E-state index in [2.05, 4.69) is 45.0 Å². The van der Waals surface area contributed by atoms with Gasteiger partial charge in [-0.15, -0.1) is 0 Å². The lowest BCUT2D eigenvalue weighted by Crippen LogP contribution is -2.49. The monoisotopic (exact) mass is 366 g/mol. The van der Waals surface area contributed by atoms with E-state index in [0.29, 0.717) is 12.5 Å². The fourth-order valence-electron chi connectivity index (χ4n) is 3.92. The molecule has 0 bridgehead atoms. The normalized spacial score (nSPS) is 26.4. The number of hydrogen-bond donors (Lipinski definition) is 0. The summed E-state index contributed by atoms with van der Waals surface area (Å²) in [6.45, 7) is 6.92. The topological polar surface area (TPSA) is 35.5 Å². The molecule has 0 spiro atoms. The lowest BCUT2D eigenvalue weighted by molar-refractivity contribution is -0.192. The molecule has 27 heavy (non-hydrogen) atoms. The van der Waals surface area contributed by atoms with Crippen LogP contribution in [0.5, 0.6) is 0 Å². The van der Waals surface area contributed by atoms with E-state index in [0.717, 1.165) is 18.4 Å². The summed E-state index contributed by atoms with van der Waals surface area (Å²) in [5, 5.41) is 0. The van der Waals surface area contributed by atoms with E-state index in [1.807, 2.05) is 36.4 Å². The first kappa shape index (κ1) is 19.6. The van der Waals surface area contributed by atoms with Crippen molar-refractivity contribution in [3.05, 3.63) is 71.8 Å². The molecular weight excluding hydrogens is 336 g/mol. The molecule has 1 aliphatic heterocycles. The van der Waals surface area contributed by atoms with Gasteiger partial charge in [0, 0.05) is 0 Å². The van der Waals surface area contributed by atoms with Crippen molar-refractivity contribution >= 4 is 5.97 Å². The van der Waals surface area contributed by atoms with Crippen molar-refractivity contribution in [3.8, 4) is 0 Å². The van der Waals surface area contributed by atoms with Crippen molar-refractivity contribution in [2.45, 2.75) is 52.4 Å². The highest BCUT2D eigenvalue weighted by Gasteiger charge is 2.43. The Morgan fingerprint density at radius 2 is 1.52 bits per heavy atom. The summed E-state index contributed by atoms with van der Waals surface area (Å²) in [5.74, 6) is 0.517. The summed E-state index contributed by atoms with van der Waals surface area (Å²) in [4.78, 5) is 12.6. The minimum absolute atomic E-state index is 0.0483. The molecule has 3 nitrogen and oxygen atoms in total. The number of carbonyl (C=O) groups is 1. The lowest BCUT2D eigenvalue weighted by Gasteiger charge is -2.41. The average Bonchev–Trinajstić information content (AvgIpc) is 2.70. The highest BCUT2D eigenvalue weighted by Crippen LogP contribution is 2.35. The predicted molar refractivity (Wildman–Crippen MR) is 107 cm³/mol. The Kier molecular flexibility index (Phi) is 6.68. The number of ether oxygens (including phenoxy) is 2. The van der Waals surface area contributed by atoms with Gasteiger partial charge < -0.3 is 9.47 Å². The van der Waals surface area contributed by atoms with Crippen molar-refractivity contribution < 1.29 is 14.3 Å². The van der Waals surface area contributed by atoms with E-state index in [4.69, 9.17) is 9.47 Å². The van der Waals surface area contributed by atoms with Gasteiger partial charge in [0.15, 0.2) is 6.10 Å². The maximum atomic E-state index is 12.6. The van der Waals surface area contributed by atoms with Crippen LogP contribution in [0.2, 0.25) is 0 Å². The number of benzene rings is 2. The highest BCUT2D eigenvalue weighted by molar-refractivity contribution is 5.76. The molecule has 0 amide bonds. The van der Waals surface area contributed by atoms with Crippen LogP contribution in [0.25, 0.3) is 0 Å². The summed E-state index contributed by atoms with van der Waals surface area (Å²) in [7, 11) is 0. The molecule has 3 rings (SSSR count). The first-order valence-electron chi connectivity index (χ1n) is 9.96. The Morgan fingerprint density at radius 3 is 2.15 bits per heavy atom. The molecule has 144 valence electrons. The number of hydrogen-bond acceptors (Lipinski definition) is 3. The maximum Gasteiger partial charge on any atom is 0.335 e.